The molecule has 0 spiro atoms. The molecule has 6 heteroatoms. The van der Waals surface area contributed by atoms with Gasteiger partial charge in [-0.25, -0.2) is 4.98 Å². The summed E-state index contributed by atoms with van der Waals surface area (Å²) in [5, 5.41) is 0.783. The summed E-state index contributed by atoms with van der Waals surface area (Å²) in [4.78, 5) is 28.6. The summed E-state index contributed by atoms with van der Waals surface area (Å²) in [6.45, 7) is 1.81. The summed E-state index contributed by atoms with van der Waals surface area (Å²) in [5.41, 5.74) is 0.551. The number of aromatic nitrogens is 1. The third kappa shape index (κ3) is 4.55. The van der Waals surface area contributed by atoms with E-state index in [4.69, 9.17) is 0 Å². The standard InChI is InChI=1S/C13H18N2O3S/c1-9(13(17)18-4)8-19-11-6-5-10(7-14-11)12(16)15(2)3/h5-7,9H,8H2,1-4H3. The zero-order valence-corrected chi connectivity index (χ0v) is 12.4. The SMILES string of the molecule is COC(=O)C(C)CSc1ccc(C(=O)N(C)C)cn1. The molecule has 0 aliphatic rings. The lowest BCUT2D eigenvalue weighted by Gasteiger charge is -2.10. The summed E-state index contributed by atoms with van der Waals surface area (Å²) >= 11 is 1.46. The van der Waals surface area contributed by atoms with Gasteiger partial charge in [-0.15, -0.1) is 11.8 Å². The largest absolute Gasteiger partial charge is 0.469 e. The van der Waals surface area contributed by atoms with E-state index in [1.807, 2.05) is 6.92 Å². The highest BCUT2D eigenvalue weighted by atomic mass is 32.2. The number of nitrogens with zero attached hydrogens (tertiary/aromatic N) is 2. The first-order chi connectivity index (χ1) is 8.95. The summed E-state index contributed by atoms with van der Waals surface area (Å²) in [5.74, 6) is 0.111. The molecule has 0 saturated heterocycles. The van der Waals surface area contributed by atoms with Crippen molar-refractivity contribution in [2.24, 2.45) is 5.92 Å². The number of hydrogen-bond donors (Lipinski definition) is 0. The number of amides is 1. The normalized spacial score (nSPS) is 11.8. The van der Waals surface area contributed by atoms with E-state index in [-0.39, 0.29) is 17.8 Å². The number of carbonyl (C=O) groups is 2. The van der Waals surface area contributed by atoms with Gasteiger partial charge in [-0.1, -0.05) is 6.92 Å². The van der Waals surface area contributed by atoms with Gasteiger partial charge in [0.2, 0.25) is 0 Å². The fraction of sp³-hybridized carbons (Fsp3) is 0.462. The van der Waals surface area contributed by atoms with Crippen molar-refractivity contribution in [3.05, 3.63) is 23.9 Å². The zero-order valence-electron chi connectivity index (χ0n) is 11.5. The molecule has 19 heavy (non-hydrogen) atoms. The first-order valence-electron chi connectivity index (χ1n) is 5.84. The van der Waals surface area contributed by atoms with Crippen LogP contribution in [-0.2, 0) is 9.53 Å². The summed E-state index contributed by atoms with van der Waals surface area (Å²) in [7, 11) is 4.77. The number of hydrogen-bond acceptors (Lipinski definition) is 5. The van der Waals surface area contributed by atoms with Gasteiger partial charge in [0.25, 0.3) is 5.91 Å². The van der Waals surface area contributed by atoms with Gasteiger partial charge in [-0.05, 0) is 12.1 Å². The molecule has 1 rings (SSSR count). The Hall–Kier alpha value is -1.56. The van der Waals surface area contributed by atoms with Crippen LogP contribution >= 0.6 is 11.8 Å². The zero-order chi connectivity index (χ0) is 14.4. The Bertz CT molecular complexity index is 446. The van der Waals surface area contributed by atoms with Crippen molar-refractivity contribution in [1.29, 1.82) is 0 Å². The molecule has 1 aromatic rings. The first kappa shape index (κ1) is 15.5. The van der Waals surface area contributed by atoms with Crippen LogP contribution in [-0.4, -0.2) is 48.7 Å². The first-order valence-corrected chi connectivity index (χ1v) is 6.82. The minimum atomic E-state index is -0.230. The highest BCUT2D eigenvalue weighted by Crippen LogP contribution is 2.19. The molecule has 5 nitrogen and oxygen atoms in total. The number of carbonyl (C=O) groups excluding carboxylic acids is 2. The number of rotatable bonds is 5. The molecule has 1 heterocycles. The van der Waals surface area contributed by atoms with E-state index < -0.39 is 0 Å². The van der Waals surface area contributed by atoms with Crippen molar-refractivity contribution in [2.75, 3.05) is 27.0 Å². The molecule has 0 fully saturated rings. The van der Waals surface area contributed by atoms with Crippen LogP contribution in [0, 0.1) is 5.92 Å². The van der Waals surface area contributed by atoms with Crippen LogP contribution in [0.15, 0.2) is 23.4 Å². The highest BCUT2D eigenvalue weighted by Gasteiger charge is 2.14. The topological polar surface area (TPSA) is 59.5 Å². The fourth-order valence-corrected chi connectivity index (χ4v) is 2.18. The average molecular weight is 282 g/mol. The Kier molecular flexibility index (Phi) is 5.82. The molecule has 0 radical (unpaired) electrons. The maximum Gasteiger partial charge on any atom is 0.309 e. The van der Waals surface area contributed by atoms with Crippen molar-refractivity contribution in [2.45, 2.75) is 11.9 Å². The van der Waals surface area contributed by atoms with Crippen LogP contribution in [0.25, 0.3) is 0 Å². The van der Waals surface area contributed by atoms with E-state index in [0.717, 1.165) is 5.03 Å². The molecule has 0 aromatic carbocycles. The number of pyridine rings is 1. The highest BCUT2D eigenvalue weighted by molar-refractivity contribution is 7.99. The molecular weight excluding hydrogens is 264 g/mol. The molecule has 0 aliphatic heterocycles. The van der Waals surface area contributed by atoms with Crippen molar-refractivity contribution in [3.8, 4) is 0 Å². The monoisotopic (exact) mass is 282 g/mol. The Morgan fingerprint density at radius 1 is 1.42 bits per heavy atom. The van der Waals surface area contributed by atoms with Crippen LogP contribution in [0.4, 0.5) is 0 Å². The molecule has 0 bridgehead atoms. The average Bonchev–Trinajstić information content (AvgIpc) is 2.43. The number of ether oxygens (including phenoxy) is 1. The van der Waals surface area contributed by atoms with Crippen LogP contribution in [0.2, 0.25) is 0 Å². The predicted molar refractivity (Wildman–Crippen MR) is 74.2 cm³/mol. The van der Waals surface area contributed by atoms with E-state index in [1.165, 1.54) is 23.8 Å². The Balaban J connectivity index is 2.58. The Morgan fingerprint density at radius 3 is 2.58 bits per heavy atom. The van der Waals surface area contributed by atoms with Gasteiger partial charge in [0.15, 0.2) is 0 Å². The van der Waals surface area contributed by atoms with E-state index in [2.05, 4.69) is 9.72 Å². The number of esters is 1. The summed E-state index contributed by atoms with van der Waals surface area (Å²) < 4.78 is 4.65. The molecule has 1 unspecified atom stereocenters. The van der Waals surface area contributed by atoms with Crippen molar-refractivity contribution in [1.82, 2.24) is 9.88 Å². The minimum absolute atomic E-state index is 0.0769. The Labute approximate surface area is 117 Å². The molecule has 104 valence electrons. The smallest absolute Gasteiger partial charge is 0.309 e. The van der Waals surface area contributed by atoms with Gasteiger partial charge in [-0.2, -0.15) is 0 Å². The second kappa shape index (κ2) is 7.13. The van der Waals surface area contributed by atoms with Crippen LogP contribution in [0.3, 0.4) is 0 Å². The molecular formula is C13H18N2O3S. The van der Waals surface area contributed by atoms with Gasteiger partial charge >= 0.3 is 5.97 Å². The lowest BCUT2D eigenvalue weighted by Crippen LogP contribution is -2.21. The third-order valence-electron chi connectivity index (χ3n) is 2.47. The second-order valence-electron chi connectivity index (χ2n) is 4.32. The quantitative estimate of drug-likeness (QED) is 0.607. The molecule has 1 aromatic heterocycles. The molecule has 1 amide bonds. The van der Waals surface area contributed by atoms with Crippen molar-refractivity contribution >= 4 is 23.6 Å². The number of methoxy groups -OCH3 is 1. The van der Waals surface area contributed by atoms with Gasteiger partial charge in [-0.3, -0.25) is 9.59 Å². The molecule has 0 N–H and O–H groups in total. The molecule has 0 aliphatic carbocycles. The third-order valence-corrected chi connectivity index (χ3v) is 3.68. The summed E-state index contributed by atoms with van der Waals surface area (Å²) in [6.07, 6.45) is 1.55. The summed E-state index contributed by atoms with van der Waals surface area (Å²) in [6, 6.07) is 3.52. The van der Waals surface area contributed by atoms with Crippen molar-refractivity contribution < 1.29 is 14.3 Å². The van der Waals surface area contributed by atoms with Gasteiger partial charge in [0.1, 0.15) is 0 Å². The van der Waals surface area contributed by atoms with E-state index >= 15 is 0 Å². The van der Waals surface area contributed by atoms with Gasteiger partial charge in [0, 0.05) is 26.0 Å². The molecule has 1 atom stereocenters. The van der Waals surface area contributed by atoms with Gasteiger partial charge < -0.3 is 9.64 Å². The number of thioether (sulfide) groups is 1. The lowest BCUT2D eigenvalue weighted by molar-refractivity contribution is -0.143. The van der Waals surface area contributed by atoms with Crippen molar-refractivity contribution in [3.63, 3.8) is 0 Å². The van der Waals surface area contributed by atoms with E-state index in [0.29, 0.717) is 11.3 Å². The maximum atomic E-state index is 11.7. The van der Waals surface area contributed by atoms with Crippen LogP contribution < -0.4 is 0 Å². The van der Waals surface area contributed by atoms with Crippen LogP contribution in [0.5, 0.6) is 0 Å². The van der Waals surface area contributed by atoms with E-state index in [1.54, 1.807) is 32.4 Å². The van der Waals surface area contributed by atoms with Crippen LogP contribution in [0.1, 0.15) is 17.3 Å². The lowest BCUT2D eigenvalue weighted by atomic mass is 10.2. The molecule has 0 saturated carbocycles. The van der Waals surface area contributed by atoms with E-state index in [9.17, 15) is 9.59 Å². The maximum absolute atomic E-state index is 11.7. The van der Waals surface area contributed by atoms with Gasteiger partial charge in [0.05, 0.1) is 23.6 Å². The second-order valence-corrected chi connectivity index (χ2v) is 5.36. The minimum Gasteiger partial charge on any atom is -0.469 e. The Morgan fingerprint density at radius 2 is 2.11 bits per heavy atom. The fourth-order valence-electron chi connectivity index (χ4n) is 1.33. The predicted octanol–water partition coefficient (Wildman–Crippen LogP) is 1.68.